The number of aliphatic hydroxyl groups is 3. The summed E-state index contributed by atoms with van der Waals surface area (Å²) in [4.78, 5) is 24.7. The van der Waals surface area contributed by atoms with Gasteiger partial charge in [-0.1, -0.05) is 0 Å². The maximum atomic E-state index is 10.2. The normalized spacial score (nSPS) is 10.5. The maximum Gasteiger partial charge on any atom is 0.325 e. The van der Waals surface area contributed by atoms with Crippen molar-refractivity contribution in [2.75, 3.05) is 19.8 Å². The number of hydrogen-bond donors (Lipinski definition) is 6. The zero-order valence-electron chi connectivity index (χ0n) is 8.51. The maximum absolute atomic E-state index is 10.2. The number of aromatic nitrogens is 2. The van der Waals surface area contributed by atoms with Crippen molar-refractivity contribution in [3.63, 3.8) is 0 Å². The second-order valence-electron chi connectivity index (χ2n) is 3.13. The zero-order valence-corrected chi connectivity index (χ0v) is 8.51. The molecule has 0 spiro atoms. The summed E-state index contributed by atoms with van der Waals surface area (Å²) in [6, 6.07) is 1.24. The summed E-state index contributed by atoms with van der Waals surface area (Å²) in [6.45, 7) is -1.21. The lowest BCUT2D eigenvalue weighted by Gasteiger charge is -2.20. The Bertz CT molecular complexity index is 361. The molecule has 0 saturated heterocycles. The molecule has 0 aromatic carbocycles. The predicted molar refractivity (Wildman–Crippen MR) is 55.9 cm³/mol. The van der Waals surface area contributed by atoms with E-state index >= 15 is 0 Å². The van der Waals surface area contributed by atoms with Gasteiger partial charge >= 0.3 is 5.69 Å². The summed E-state index contributed by atoms with van der Waals surface area (Å²) in [7, 11) is 0. The minimum atomic E-state index is -1.21. The van der Waals surface area contributed by atoms with Gasteiger partial charge in [0.05, 0.1) is 25.4 Å². The first-order chi connectivity index (χ1) is 7.47. The van der Waals surface area contributed by atoms with Gasteiger partial charge in [-0.05, 0) is 0 Å². The highest BCUT2D eigenvalue weighted by Crippen LogP contribution is 1.93. The van der Waals surface area contributed by atoms with Crippen molar-refractivity contribution in [3.05, 3.63) is 33.1 Å². The van der Waals surface area contributed by atoms with Crippen LogP contribution in [-0.4, -0.2) is 50.6 Å². The van der Waals surface area contributed by atoms with Crippen LogP contribution in [0, 0.1) is 0 Å². The third-order valence-electron chi connectivity index (χ3n) is 1.63. The number of rotatable bonds is 3. The molecule has 1 aromatic rings. The van der Waals surface area contributed by atoms with Crippen LogP contribution in [-0.2, 0) is 0 Å². The molecule has 92 valence electrons. The second kappa shape index (κ2) is 6.90. The van der Waals surface area contributed by atoms with Gasteiger partial charge in [-0.25, -0.2) is 4.79 Å². The largest absolute Gasteiger partial charge is 0.394 e. The molecule has 0 amide bonds. The molecule has 1 heterocycles. The summed E-state index contributed by atoms with van der Waals surface area (Å²) in [5, 5.41) is 25.0. The van der Waals surface area contributed by atoms with Gasteiger partial charge in [0.15, 0.2) is 0 Å². The van der Waals surface area contributed by atoms with Crippen molar-refractivity contribution in [2.24, 2.45) is 5.73 Å². The molecular weight excluding hydrogens is 218 g/mol. The lowest BCUT2D eigenvalue weighted by molar-refractivity contribution is 0.0698. The predicted octanol–water partition coefficient (Wildman–Crippen LogP) is -3.28. The molecule has 0 aliphatic rings. The average molecular weight is 233 g/mol. The topological polar surface area (TPSA) is 152 Å². The Kier molecular flexibility index (Phi) is 6.27. The molecule has 0 bridgehead atoms. The van der Waals surface area contributed by atoms with Crippen molar-refractivity contribution < 1.29 is 15.3 Å². The minimum absolute atomic E-state index is 0.381. The van der Waals surface area contributed by atoms with Crippen molar-refractivity contribution in [1.82, 2.24) is 9.97 Å². The molecule has 1 rings (SSSR count). The molecule has 7 N–H and O–H groups in total. The molecule has 0 radical (unpaired) electrons. The first-order valence-electron chi connectivity index (χ1n) is 4.37. The molecule has 8 nitrogen and oxygen atoms in total. The van der Waals surface area contributed by atoms with E-state index in [-0.39, 0.29) is 5.56 Å². The summed E-state index contributed by atoms with van der Waals surface area (Å²) < 4.78 is 0. The van der Waals surface area contributed by atoms with Gasteiger partial charge in [0.2, 0.25) is 0 Å². The van der Waals surface area contributed by atoms with Crippen LogP contribution in [0.5, 0.6) is 0 Å². The Labute approximate surface area is 90.4 Å². The van der Waals surface area contributed by atoms with Gasteiger partial charge in [-0.2, -0.15) is 0 Å². The van der Waals surface area contributed by atoms with Crippen LogP contribution in [0.3, 0.4) is 0 Å². The fourth-order valence-corrected chi connectivity index (χ4v) is 0.533. The number of aromatic amines is 2. The zero-order chi connectivity index (χ0) is 12.6. The fourth-order valence-electron chi connectivity index (χ4n) is 0.533. The summed E-state index contributed by atoms with van der Waals surface area (Å²) >= 11 is 0. The molecule has 0 fully saturated rings. The highest BCUT2D eigenvalue weighted by molar-refractivity contribution is 4.80. The number of hydrogen-bond acceptors (Lipinski definition) is 6. The monoisotopic (exact) mass is 233 g/mol. The molecule has 1 aromatic heterocycles. The minimum Gasteiger partial charge on any atom is -0.394 e. The molecular formula is C8H15N3O5. The third kappa shape index (κ3) is 5.41. The van der Waals surface area contributed by atoms with Crippen LogP contribution in [0.2, 0.25) is 0 Å². The van der Waals surface area contributed by atoms with Crippen molar-refractivity contribution >= 4 is 0 Å². The van der Waals surface area contributed by atoms with E-state index in [9.17, 15) is 9.59 Å². The van der Waals surface area contributed by atoms with E-state index in [0.717, 1.165) is 0 Å². The van der Waals surface area contributed by atoms with Gasteiger partial charge < -0.3 is 26.0 Å². The van der Waals surface area contributed by atoms with Crippen LogP contribution < -0.4 is 17.0 Å². The molecule has 0 unspecified atom stereocenters. The lowest BCUT2D eigenvalue weighted by atomic mass is 10.1. The summed E-state index contributed by atoms with van der Waals surface area (Å²) in [6.07, 6.45) is 1.29. The van der Waals surface area contributed by atoms with E-state index in [2.05, 4.69) is 4.98 Å². The third-order valence-corrected chi connectivity index (χ3v) is 1.63. The van der Waals surface area contributed by atoms with Crippen LogP contribution in [0.25, 0.3) is 0 Å². The van der Waals surface area contributed by atoms with E-state index in [4.69, 9.17) is 21.1 Å². The van der Waals surface area contributed by atoms with E-state index in [1.54, 1.807) is 0 Å². The Morgan fingerprint density at radius 1 is 1.19 bits per heavy atom. The Morgan fingerprint density at radius 2 is 1.69 bits per heavy atom. The average Bonchev–Trinajstić information content (AvgIpc) is 2.28. The van der Waals surface area contributed by atoms with Gasteiger partial charge in [0, 0.05) is 12.3 Å². The number of H-pyrrole nitrogens is 2. The van der Waals surface area contributed by atoms with E-state index in [1.165, 1.54) is 12.3 Å². The smallest absolute Gasteiger partial charge is 0.325 e. The fraction of sp³-hybridized carbons (Fsp3) is 0.500. The first kappa shape index (κ1) is 14.5. The van der Waals surface area contributed by atoms with Crippen LogP contribution in [0.4, 0.5) is 0 Å². The van der Waals surface area contributed by atoms with E-state index in [1.807, 2.05) is 4.98 Å². The second-order valence-corrected chi connectivity index (χ2v) is 3.13. The molecule has 0 atom stereocenters. The SMILES string of the molecule is NC(CO)(CO)CO.O=c1cc[nH]c(=O)[nH]1. The molecule has 16 heavy (non-hydrogen) atoms. The standard InChI is InChI=1S/C4H4N2O2.C4H11NO3/c7-3-1-2-5-4(8)6-3;5-4(1-6,2-7)3-8/h1-2H,(H2,5,6,7,8);6-8H,1-3,5H2. The molecule has 0 aliphatic heterocycles. The van der Waals surface area contributed by atoms with Gasteiger partial charge in [0.1, 0.15) is 0 Å². The quantitative estimate of drug-likeness (QED) is 0.322. The van der Waals surface area contributed by atoms with Crippen LogP contribution in [0.1, 0.15) is 0 Å². The van der Waals surface area contributed by atoms with Crippen LogP contribution in [0.15, 0.2) is 21.9 Å². The lowest BCUT2D eigenvalue weighted by Crippen LogP contribution is -2.50. The van der Waals surface area contributed by atoms with E-state index in [0.29, 0.717) is 0 Å². The molecule has 0 saturated carbocycles. The molecule has 0 aliphatic carbocycles. The van der Waals surface area contributed by atoms with Gasteiger partial charge in [-0.3, -0.25) is 9.78 Å². The summed E-state index contributed by atoms with van der Waals surface area (Å²) in [5.74, 6) is 0. The Morgan fingerprint density at radius 3 is 1.88 bits per heavy atom. The van der Waals surface area contributed by atoms with Crippen molar-refractivity contribution in [1.29, 1.82) is 0 Å². The van der Waals surface area contributed by atoms with Gasteiger partial charge in [-0.15, -0.1) is 0 Å². The number of nitrogens with one attached hydrogen (secondary N) is 2. The first-order valence-corrected chi connectivity index (χ1v) is 4.37. The summed E-state index contributed by atoms with van der Waals surface area (Å²) in [5.41, 5.74) is 3.08. The Balaban J connectivity index is 0.000000281. The van der Waals surface area contributed by atoms with Crippen molar-refractivity contribution in [3.8, 4) is 0 Å². The molecule has 8 heteroatoms. The highest BCUT2D eigenvalue weighted by Gasteiger charge is 2.20. The number of aliphatic hydroxyl groups excluding tert-OH is 3. The van der Waals surface area contributed by atoms with Crippen molar-refractivity contribution in [2.45, 2.75) is 5.54 Å². The highest BCUT2D eigenvalue weighted by atomic mass is 16.3. The van der Waals surface area contributed by atoms with Gasteiger partial charge in [0.25, 0.3) is 5.56 Å². The Hall–Kier alpha value is -1.48. The van der Waals surface area contributed by atoms with E-state index < -0.39 is 31.0 Å². The van der Waals surface area contributed by atoms with Crippen LogP contribution >= 0.6 is 0 Å². The number of nitrogens with two attached hydrogens (primary N) is 1.